The number of hydrogen-bond donors (Lipinski definition) is 1. The van der Waals surface area contributed by atoms with Crippen molar-refractivity contribution in [1.29, 1.82) is 0 Å². The van der Waals surface area contributed by atoms with Gasteiger partial charge < -0.3 is 4.98 Å². The number of H-pyrrole nitrogens is 1. The number of nitrogens with one attached hydrogen (secondary N) is 1. The van der Waals surface area contributed by atoms with Crippen molar-refractivity contribution in [3.8, 4) is 22.4 Å². The third kappa shape index (κ3) is 2.22. The minimum Gasteiger partial charge on any atom is -0.333 e. The molecule has 88 valence electrons. The number of aromatic nitrogens is 2. The van der Waals surface area contributed by atoms with E-state index in [0.717, 1.165) is 16.0 Å². The van der Waals surface area contributed by atoms with Gasteiger partial charge in [0.15, 0.2) is 4.73 Å². The normalized spacial score (nSPS) is 10.5. The highest BCUT2D eigenvalue weighted by molar-refractivity contribution is 9.10. The van der Waals surface area contributed by atoms with Crippen molar-refractivity contribution in [1.82, 2.24) is 9.97 Å². The van der Waals surface area contributed by atoms with Crippen LogP contribution < -0.4 is 0 Å². The van der Waals surface area contributed by atoms with E-state index in [0.29, 0.717) is 0 Å². The molecule has 1 N–H and O–H groups in total. The van der Waals surface area contributed by atoms with Gasteiger partial charge in [0.25, 0.3) is 0 Å². The molecule has 0 atom stereocenters. The van der Waals surface area contributed by atoms with Gasteiger partial charge in [-0.15, -0.1) is 0 Å². The van der Waals surface area contributed by atoms with Gasteiger partial charge in [-0.1, -0.05) is 54.6 Å². The van der Waals surface area contributed by atoms with Gasteiger partial charge >= 0.3 is 0 Å². The molecule has 3 heteroatoms. The number of imidazole rings is 1. The average molecular weight is 299 g/mol. The van der Waals surface area contributed by atoms with Gasteiger partial charge in [0.05, 0.1) is 11.9 Å². The van der Waals surface area contributed by atoms with Crippen LogP contribution in [-0.2, 0) is 0 Å². The van der Waals surface area contributed by atoms with Crippen LogP contribution in [0.4, 0.5) is 0 Å². The van der Waals surface area contributed by atoms with Crippen LogP contribution in [-0.4, -0.2) is 9.97 Å². The molecule has 0 radical (unpaired) electrons. The molecule has 0 amide bonds. The topological polar surface area (TPSA) is 28.7 Å². The van der Waals surface area contributed by atoms with Gasteiger partial charge in [-0.25, -0.2) is 4.98 Å². The molecule has 0 spiro atoms. The van der Waals surface area contributed by atoms with Crippen molar-refractivity contribution < 1.29 is 0 Å². The molecule has 0 fully saturated rings. The number of halogens is 1. The maximum Gasteiger partial charge on any atom is 0.174 e. The number of aromatic amines is 1. The van der Waals surface area contributed by atoms with Crippen molar-refractivity contribution in [2.75, 3.05) is 0 Å². The van der Waals surface area contributed by atoms with E-state index in [1.807, 2.05) is 12.3 Å². The second kappa shape index (κ2) is 4.78. The summed E-state index contributed by atoms with van der Waals surface area (Å²) < 4.78 is 0.754. The highest BCUT2D eigenvalue weighted by Crippen LogP contribution is 2.24. The van der Waals surface area contributed by atoms with Gasteiger partial charge in [-0.2, -0.15) is 0 Å². The summed E-state index contributed by atoms with van der Waals surface area (Å²) in [5.74, 6) is 0. The van der Waals surface area contributed by atoms with Crippen molar-refractivity contribution in [2.45, 2.75) is 0 Å². The summed E-state index contributed by atoms with van der Waals surface area (Å²) in [5, 5.41) is 0. The zero-order valence-electron chi connectivity index (χ0n) is 9.60. The monoisotopic (exact) mass is 298 g/mol. The smallest absolute Gasteiger partial charge is 0.174 e. The molecule has 18 heavy (non-hydrogen) atoms. The van der Waals surface area contributed by atoms with Gasteiger partial charge in [0.1, 0.15) is 0 Å². The van der Waals surface area contributed by atoms with E-state index in [2.05, 4.69) is 74.4 Å². The molecule has 0 unspecified atom stereocenters. The van der Waals surface area contributed by atoms with Crippen LogP contribution in [0.3, 0.4) is 0 Å². The van der Waals surface area contributed by atoms with Crippen LogP contribution in [0.25, 0.3) is 22.4 Å². The average Bonchev–Trinajstić information content (AvgIpc) is 2.87. The first-order chi connectivity index (χ1) is 8.83. The Kier molecular flexibility index (Phi) is 2.99. The van der Waals surface area contributed by atoms with E-state index in [-0.39, 0.29) is 0 Å². The Labute approximate surface area is 114 Å². The second-order valence-electron chi connectivity index (χ2n) is 4.03. The summed E-state index contributed by atoms with van der Waals surface area (Å²) in [6.07, 6.45) is 1.82. The number of nitrogens with zero attached hydrogens (tertiary/aromatic N) is 1. The first kappa shape index (κ1) is 11.2. The van der Waals surface area contributed by atoms with Gasteiger partial charge in [-0.05, 0) is 32.6 Å². The minimum atomic E-state index is 0.754. The molecule has 0 saturated heterocycles. The van der Waals surface area contributed by atoms with E-state index >= 15 is 0 Å². The maximum absolute atomic E-state index is 4.13. The summed E-state index contributed by atoms with van der Waals surface area (Å²) in [6.45, 7) is 0. The summed E-state index contributed by atoms with van der Waals surface area (Å²) in [4.78, 5) is 7.29. The predicted octanol–water partition coefficient (Wildman–Crippen LogP) is 4.51. The third-order valence-electron chi connectivity index (χ3n) is 2.85. The maximum atomic E-state index is 4.13. The Balaban J connectivity index is 1.94. The van der Waals surface area contributed by atoms with Gasteiger partial charge in [0.2, 0.25) is 0 Å². The lowest BCUT2D eigenvalue weighted by atomic mass is 10.0. The SMILES string of the molecule is Brc1ncc(-c2ccc(-c3ccccc3)cc2)[nH]1. The molecule has 0 aliphatic heterocycles. The molecule has 2 aromatic carbocycles. The largest absolute Gasteiger partial charge is 0.333 e. The number of benzene rings is 2. The van der Waals surface area contributed by atoms with E-state index in [1.54, 1.807) is 0 Å². The Hall–Kier alpha value is -1.87. The lowest BCUT2D eigenvalue weighted by molar-refractivity contribution is 1.24. The fraction of sp³-hybridized carbons (Fsp3) is 0. The van der Waals surface area contributed by atoms with Crippen LogP contribution >= 0.6 is 15.9 Å². The molecule has 0 saturated carbocycles. The quantitative estimate of drug-likeness (QED) is 0.741. The fourth-order valence-electron chi connectivity index (χ4n) is 1.92. The number of rotatable bonds is 2. The molecule has 0 bridgehead atoms. The molecule has 3 aromatic rings. The molecular formula is C15H11BrN2. The zero-order chi connectivity index (χ0) is 12.4. The van der Waals surface area contributed by atoms with Crippen LogP contribution in [0, 0.1) is 0 Å². The third-order valence-corrected chi connectivity index (χ3v) is 3.25. The van der Waals surface area contributed by atoms with Crippen LogP contribution in [0.15, 0.2) is 65.5 Å². The van der Waals surface area contributed by atoms with Crippen molar-refractivity contribution in [3.05, 3.63) is 65.5 Å². The Morgan fingerprint density at radius 2 is 1.39 bits per heavy atom. The Bertz CT molecular complexity index is 642. The highest BCUT2D eigenvalue weighted by Gasteiger charge is 2.02. The Morgan fingerprint density at radius 3 is 2.00 bits per heavy atom. The Morgan fingerprint density at radius 1 is 0.778 bits per heavy atom. The second-order valence-corrected chi connectivity index (χ2v) is 4.78. The van der Waals surface area contributed by atoms with Crippen molar-refractivity contribution in [2.24, 2.45) is 0 Å². The molecule has 0 aliphatic carbocycles. The van der Waals surface area contributed by atoms with Gasteiger partial charge in [0, 0.05) is 0 Å². The molecule has 3 rings (SSSR count). The minimum absolute atomic E-state index is 0.754. The van der Waals surface area contributed by atoms with E-state index in [4.69, 9.17) is 0 Å². The fourth-order valence-corrected chi connectivity index (χ4v) is 2.23. The van der Waals surface area contributed by atoms with Crippen LogP contribution in [0.1, 0.15) is 0 Å². The lowest BCUT2D eigenvalue weighted by Gasteiger charge is -2.02. The lowest BCUT2D eigenvalue weighted by Crippen LogP contribution is -1.80. The first-order valence-electron chi connectivity index (χ1n) is 5.69. The van der Waals surface area contributed by atoms with E-state index in [9.17, 15) is 0 Å². The summed E-state index contributed by atoms with van der Waals surface area (Å²) >= 11 is 3.31. The standard InChI is InChI=1S/C15H11BrN2/c16-15-17-10-14(18-15)13-8-6-12(7-9-13)11-4-2-1-3-5-11/h1-10H,(H,17,18). The van der Waals surface area contributed by atoms with Crippen molar-refractivity contribution >= 4 is 15.9 Å². The molecular weight excluding hydrogens is 288 g/mol. The summed E-state index contributed by atoms with van der Waals surface area (Å²) in [5.41, 5.74) is 4.60. The number of hydrogen-bond acceptors (Lipinski definition) is 1. The molecule has 1 heterocycles. The van der Waals surface area contributed by atoms with E-state index in [1.165, 1.54) is 11.1 Å². The van der Waals surface area contributed by atoms with Crippen LogP contribution in [0.2, 0.25) is 0 Å². The predicted molar refractivity (Wildman–Crippen MR) is 77.2 cm³/mol. The summed E-state index contributed by atoms with van der Waals surface area (Å²) in [7, 11) is 0. The van der Waals surface area contributed by atoms with Crippen LogP contribution in [0.5, 0.6) is 0 Å². The van der Waals surface area contributed by atoms with Gasteiger partial charge in [-0.3, -0.25) is 0 Å². The first-order valence-corrected chi connectivity index (χ1v) is 6.48. The summed E-state index contributed by atoms with van der Waals surface area (Å²) in [6, 6.07) is 18.8. The molecule has 1 aromatic heterocycles. The van der Waals surface area contributed by atoms with E-state index < -0.39 is 0 Å². The van der Waals surface area contributed by atoms with Crippen molar-refractivity contribution in [3.63, 3.8) is 0 Å². The molecule has 0 aliphatic rings. The zero-order valence-corrected chi connectivity index (χ0v) is 11.2. The highest BCUT2D eigenvalue weighted by atomic mass is 79.9. The molecule has 2 nitrogen and oxygen atoms in total.